The molecule has 57 valence electrons. The summed E-state index contributed by atoms with van der Waals surface area (Å²) in [5.74, 6) is 0. The summed E-state index contributed by atoms with van der Waals surface area (Å²) >= 11 is 0. The van der Waals surface area contributed by atoms with Gasteiger partial charge in [0.2, 0.25) is 0 Å². The summed E-state index contributed by atoms with van der Waals surface area (Å²) in [5, 5.41) is 0. The molecule has 0 aliphatic heterocycles. The molecule has 0 aromatic heterocycles. The molecule has 0 rings (SSSR count). The minimum Gasteiger partial charge on any atom is 0 e. The van der Waals surface area contributed by atoms with Crippen molar-refractivity contribution in [2.24, 2.45) is 0 Å². The maximum absolute atomic E-state index is 0. The molecule has 0 bridgehead atoms. The molecule has 0 unspecified atom stereocenters. The predicted octanol–water partition coefficient (Wildman–Crippen LogP) is -1.15. The molecule has 0 nitrogen and oxygen atoms in total. The van der Waals surface area contributed by atoms with Crippen LogP contribution < -0.4 is 0 Å². The van der Waals surface area contributed by atoms with E-state index in [4.69, 9.17) is 0 Å². The molecule has 8 heteroatoms. The van der Waals surface area contributed by atoms with E-state index in [0.717, 1.165) is 0 Å². The third kappa shape index (κ3) is 44.6. The van der Waals surface area contributed by atoms with E-state index in [9.17, 15) is 0 Å². The van der Waals surface area contributed by atoms with Crippen molar-refractivity contribution >= 4 is 69.7 Å². The predicted molar refractivity (Wildman–Crippen MR) is 17.3 cm³/mol. The van der Waals surface area contributed by atoms with E-state index in [-0.39, 0.29) is 154 Å². The summed E-state index contributed by atoms with van der Waals surface area (Å²) in [4.78, 5) is 0. The summed E-state index contributed by atoms with van der Waals surface area (Å²) in [6.07, 6.45) is 0. The van der Waals surface area contributed by atoms with E-state index in [1.165, 1.54) is 0 Å². The van der Waals surface area contributed by atoms with Crippen LogP contribution in [0.2, 0.25) is 0 Å². The molecule has 0 amide bonds. The fraction of sp³-hybridized carbons (Fsp3) is 0. The number of hydrogen-bond donors (Lipinski definition) is 0. The molecule has 0 aliphatic rings. The summed E-state index contributed by atoms with van der Waals surface area (Å²) in [5.41, 5.74) is 0. The summed E-state index contributed by atoms with van der Waals surface area (Å²) in [6.45, 7) is 0. The van der Waals surface area contributed by atoms with Crippen LogP contribution in [-0.2, 0) is 84.8 Å². The maximum atomic E-state index is 0. The van der Waals surface area contributed by atoms with Crippen LogP contribution in [0.5, 0.6) is 0 Å². The van der Waals surface area contributed by atoms with Crippen LogP contribution in [0.15, 0.2) is 0 Å². The van der Waals surface area contributed by atoms with Gasteiger partial charge in [0.25, 0.3) is 0 Å². The second kappa shape index (κ2) is 59.1. The van der Waals surface area contributed by atoms with Gasteiger partial charge in [0.15, 0.2) is 0 Å². The normalized spacial score (nSPS) is 0. The standard InChI is InChI=1S/As.Co.Cr.Cu.Mn.Ni.Pb.Sb. The fourth-order valence-electron chi connectivity index (χ4n) is 0. The SMILES string of the molecule is [As].[Co].[Cr].[Cu].[Mn].[Ni].[Pb].[Sb]. The van der Waals surface area contributed by atoms with Crippen molar-refractivity contribution in [3.8, 4) is 0 Å². The third-order valence-corrected chi connectivity index (χ3v) is 0. The molecule has 0 aromatic rings. The molecule has 13 radical (unpaired) electrons. The van der Waals surface area contributed by atoms with Gasteiger partial charge < -0.3 is 0 Å². The molecule has 0 atom stereocenters. The number of rotatable bonds is 0. The van der Waals surface area contributed by atoms with E-state index in [1.807, 2.05) is 0 Å². The van der Waals surface area contributed by atoms with Gasteiger partial charge in [-0.1, -0.05) is 0 Å². The Balaban J connectivity index is 0. The Morgan fingerprint density at radius 1 is 1.00 bits per heavy atom. The summed E-state index contributed by atoms with van der Waals surface area (Å²) in [6, 6.07) is 0. The van der Waals surface area contributed by atoms with Crippen LogP contribution in [-0.4, -0.2) is 69.7 Å². The van der Waals surface area contributed by atoms with Gasteiger partial charge >= 0.3 is 0 Å². The Morgan fingerprint density at radius 2 is 1.00 bits per heavy atom. The molecule has 0 saturated heterocycles. The van der Waals surface area contributed by atoms with Crippen LogP contribution in [0.25, 0.3) is 0 Å². The van der Waals surface area contributed by atoms with Crippen molar-refractivity contribution in [1.82, 2.24) is 0 Å². The first kappa shape index (κ1) is 76.5. The first-order chi connectivity index (χ1) is 0. The van der Waals surface area contributed by atoms with Crippen molar-refractivity contribution in [3.05, 3.63) is 0 Å². The Labute approximate surface area is 151 Å². The molecule has 0 aromatic carbocycles. The topological polar surface area (TPSA) is 0 Å². The van der Waals surface area contributed by atoms with E-state index in [1.54, 1.807) is 0 Å². The minimum atomic E-state index is 0. The molecule has 0 fully saturated rings. The minimum absolute atomic E-state index is 0. The van der Waals surface area contributed by atoms with Crippen molar-refractivity contribution in [2.75, 3.05) is 0 Å². The molecule has 0 saturated carbocycles. The van der Waals surface area contributed by atoms with Crippen molar-refractivity contribution < 1.29 is 84.8 Å². The zero-order valence-electron chi connectivity index (χ0n) is 3.13. The quantitative estimate of drug-likeness (QED) is 0.282. The first-order valence-corrected chi connectivity index (χ1v) is 0. The van der Waals surface area contributed by atoms with E-state index < -0.39 is 0 Å². The van der Waals surface area contributed by atoms with Crippen molar-refractivity contribution in [2.45, 2.75) is 0 Å². The zero-order chi connectivity index (χ0) is 0. The second-order valence-corrected chi connectivity index (χ2v) is 0. The van der Waals surface area contributed by atoms with E-state index >= 15 is 0 Å². The smallest absolute Gasteiger partial charge is 0 e. The van der Waals surface area contributed by atoms with Crippen LogP contribution >= 0.6 is 0 Å². The van der Waals surface area contributed by atoms with Gasteiger partial charge in [-0.25, -0.2) is 0 Å². The average Bonchev–Trinajstić information content (AvgIpc) is 0. The molecule has 8 heavy (non-hydrogen) atoms. The first-order valence-electron chi connectivity index (χ1n) is 0. The van der Waals surface area contributed by atoms with Crippen LogP contribution in [0.4, 0.5) is 0 Å². The van der Waals surface area contributed by atoms with Gasteiger partial charge in [-0.15, -0.1) is 0 Å². The maximum Gasteiger partial charge on any atom is 0 e. The van der Waals surface area contributed by atoms with Gasteiger partial charge in [-0.2, -0.15) is 0 Å². The van der Waals surface area contributed by atoms with Crippen LogP contribution in [0.1, 0.15) is 0 Å². The fourth-order valence-corrected chi connectivity index (χ4v) is 0. The molecule has 0 heterocycles. The van der Waals surface area contributed by atoms with Gasteiger partial charge in [-0.05, 0) is 0 Å². The van der Waals surface area contributed by atoms with Gasteiger partial charge in [-0.3, -0.25) is 0 Å². The molecule has 0 aliphatic carbocycles. The second-order valence-electron chi connectivity index (χ2n) is 0. The Hall–Kier alpha value is 4.87. The van der Waals surface area contributed by atoms with Crippen molar-refractivity contribution in [3.63, 3.8) is 0 Å². The average molecular weight is 692 g/mol. The molecule has 0 spiro atoms. The largest absolute Gasteiger partial charge is 0 e. The monoisotopic (exact) mass is 690 g/mol. The van der Waals surface area contributed by atoms with Gasteiger partial charge in [0.1, 0.15) is 0 Å². The molecular formula is AsCoCrCuMnNiPbSb. The van der Waals surface area contributed by atoms with Gasteiger partial charge in [0, 0.05) is 154 Å². The molecule has 0 N–H and O–H groups in total. The molecular weight excluding hydrogens is 692 g/mol. The van der Waals surface area contributed by atoms with Crippen LogP contribution in [0, 0.1) is 0 Å². The van der Waals surface area contributed by atoms with E-state index in [0.29, 0.717) is 0 Å². The van der Waals surface area contributed by atoms with E-state index in [2.05, 4.69) is 0 Å². The van der Waals surface area contributed by atoms with Crippen molar-refractivity contribution in [1.29, 1.82) is 0 Å². The Kier molecular flexibility index (Phi) is 565. The summed E-state index contributed by atoms with van der Waals surface area (Å²) < 4.78 is 0. The Bertz CT molecular complexity index is 24.0. The summed E-state index contributed by atoms with van der Waals surface area (Å²) in [7, 11) is 0. The zero-order valence-corrected chi connectivity index (χ0v) is 16.9. The van der Waals surface area contributed by atoms with Crippen LogP contribution in [0.3, 0.4) is 0 Å². The Morgan fingerprint density at radius 3 is 1.00 bits per heavy atom. The third-order valence-electron chi connectivity index (χ3n) is 0. The van der Waals surface area contributed by atoms with Gasteiger partial charge in [0.05, 0.1) is 0 Å². The number of hydrogen-bond acceptors (Lipinski definition) is 0.